The van der Waals surface area contributed by atoms with Crippen LogP contribution >= 0.6 is 0 Å². The number of nitrogens with two attached hydrogens (primary N) is 1. The number of hydrogen-bond acceptors (Lipinski definition) is 1. The van der Waals surface area contributed by atoms with Gasteiger partial charge in [-0.3, -0.25) is 4.79 Å². The van der Waals surface area contributed by atoms with Crippen molar-refractivity contribution in [3.05, 3.63) is 35.4 Å². The third-order valence-corrected chi connectivity index (χ3v) is 1.80. The number of rotatable bonds is 3. The highest BCUT2D eigenvalue weighted by molar-refractivity contribution is 5.94. The van der Waals surface area contributed by atoms with Crippen molar-refractivity contribution >= 4 is 5.91 Å². The zero-order valence-corrected chi connectivity index (χ0v) is 7.21. The first-order valence-corrected chi connectivity index (χ1v) is 4.13. The average molecular weight is 163 g/mol. The normalized spacial score (nSPS) is 9.75. The highest BCUT2D eigenvalue weighted by Crippen LogP contribution is 2.09. The van der Waals surface area contributed by atoms with Crippen LogP contribution in [0, 0.1) is 0 Å². The molecule has 2 nitrogen and oxygen atoms in total. The molecule has 0 saturated carbocycles. The Morgan fingerprint density at radius 2 is 2.08 bits per heavy atom. The van der Waals surface area contributed by atoms with E-state index < -0.39 is 0 Å². The molecule has 1 aromatic rings. The Balaban J connectivity index is 3.00. The second-order valence-corrected chi connectivity index (χ2v) is 2.77. The standard InChI is InChI=1S/C10H13NO/c1-2-5-8-6-3-4-7-9(8)10(11)12/h3-4,6-7H,2,5H2,1H3,(H2,11,12). The van der Waals surface area contributed by atoms with E-state index in [-0.39, 0.29) is 5.91 Å². The van der Waals surface area contributed by atoms with Crippen molar-refractivity contribution in [3.8, 4) is 0 Å². The second kappa shape index (κ2) is 3.90. The number of aryl methyl sites for hydroxylation is 1. The predicted octanol–water partition coefficient (Wildman–Crippen LogP) is 1.74. The molecule has 12 heavy (non-hydrogen) atoms. The van der Waals surface area contributed by atoms with E-state index in [1.165, 1.54) is 0 Å². The van der Waals surface area contributed by atoms with Gasteiger partial charge in [-0.05, 0) is 18.1 Å². The Morgan fingerprint density at radius 1 is 1.42 bits per heavy atom. The van der Waals surface area contributed by atoms with E-state index in [9.17, 15) is 4.79 Å². The fourth-order valence-electron chi connectivity index (χ4n) is 1.25. The lowest BCUT2D eigenvalue weighted by molar-refractivity contribution is 0.0999. The molecule has 0 bridgehead atoms. The predicted molar refractivity (Wildman–Crippen MR) is 49.0 cm³/mol. The van der Waals surface area contributed by atoms with E-state index in [4.69, 9.17) is 5.73 Å². The first-order chi connectivity index (χ1) is 5.75. The number of benzene rings is 1. The largest absolute Gasteiger partial charge is 0.366 e. The van der Waals surface area contributed by atoms with Gasteiger partial charge in [-0.1, -0.05) is 31.5 Å². The van der Waals surface area contributed by atoms with E-state index in [2.05, 4.69) is 6.92 Å². The Morgan fingerprint density at radius 3 is 2.67 bits per heavy atom. The quantitative estimate of drug-likeness (QED) is 0.724. The van der Waals surface area contributed by atoms with Crippen LogP contribution < -0.4 is 5.73 Å². The minimum Gasteiger partial charge on any atom is -0.366 e. The molecule has 0 fully saturated rings. The van der Waals surface area contributed by atoms with Crippen molar-refractivity contribution in [1.29, 1.82) is 0 Å². The second-order valence-electron chi connectivity index (χ2n) is 2.77. The number of carbonyl (C=O) groups is 1. The Kier molecular flexibility index (Phi) is 2.86. The molecule has 2 N–H and O–H groups in total. The van der Waals surface area contributed by atoms with Gasteiger partial charge in [0.25, 0.3) is 0 Å². The van der Waals surface area contributed by atoms with Crippen molar-refractivity contribution in [2.45, 2.75) is 19.8 Å². The van der Waals surface area contributed by atoms with Gasteiger partial charge in [-0.15, -0.1) is 0 Å². The maximum absolute atomic E-state index is 10.9. The van der Waals surface area contributed by atoms with Gasteiger partial charge in [0.05, 0.1) is 0 Å². The molecule has 64 valence electrons. The molecule has 0 spiro atoms. The monoisotopic (exact) mass is 163 g/mol. The lowest BCUT2D eigenvalue weighted by atomic mass is 10.0. The van der Waals surface area contributed by atoms with Crippen LogP contribution in [0.1, 0.15) is 29.3 Å². The summed E-state index contributed by atoms with van der Waals surface area (Å²) in [4.78, 5) is 10.9. The smallest absolute Gasteiger partial charge is 0.248 e. The van der Waals surface area contributed by atoms with Crippen molar-refractivity contribution < 1.29 is 4.79 Å². The fraction of sp³-hybridized carbons (Fsp3) is 0.300. The van der Waals surface area contributed by atoms with Gasteiger partial charge in [-0.2, -0.15) is 0 Å². The molecule has 0 radical (unpaired) electrons. The summed E-state index contributed by atoms with van der Waals surface area (Å²) >= 11 is 0. The maximum Gasteiger partial charge on any atom is 0.248 e. The van der Waals surface area contributed by atoms with Crippen molar-refractivity contribution in [2.24, 2.45) is 5.73 Å². The minimum absolute atomic E-state index is 0.334. The summed E-state index contributed by atoms with van der Waals surface area (Å²) in [6.45, 7) is 2.08. The number of carbonyl (C=O) groups excluding carboxylic acids is 1. The van der Waals surface area contributed by atoms with Gasteiger partial charge < -0.3 is 5.73 Å². The van der Waals surface area contributed by atoms with Crippen LogP contribution in [0.2, 0.25) is 0 Å². The summed E-state index contributed by atoms with van der Waals surface area (Å²) in [6, 6.07) is 7.48. The summed E-state index contributed by atoms with van der Waals surface area (Å²) in [5.74, 6) is -0.334. The van der Waals surface area contributed by atoms with E-state index in [1.54, 1.807) is 6.07 Å². The van der Waals surface area contributed by atoms with Gasteiger partial charge >= 0.3 is 0 Å². The van der Waals surface area contributed by atoms with Gasteiger partial charge in [-0.25, -0.2) is 0 Å². The van der Waals surface area contributed by atoms with E-state index >= 15 is 0 Å². The van der Waals surface area contributed by atoms with E-state index in [0.29, 0.717) is 5.56 Å². The summed E-state index contributed by atoms with van der Waals surface area (Å²) in [5.41, 5.74) is 6.91. The summed E-state index contributed by atoms with van der Waals surface area (Å²) in [7, 11) is 0. The van der Waals surface area contributed by atoms with Crippen LogP contribution in [0.25, 0.3) is 0 Å². The average Bonchev–Trinajstić information content (AvgIpc) is 2.05. The molecule has 0 heterocycles. The summed E-state index contributed by atoms with van der Waals surface area (Å²) in [6.07, 6.45) is 1.95. The number of amides is 1. The van der Waals surface area contributed by atoms with Gasteiger partial charge in [0.1, 0.15) is 0 Å². The number of primary amides is 1. The fourth-order valence-corrected chi connectivity index (χ4v) is 1.25. The zero-order valence-electron chi connectivity index (χ0n) is 7.21. The van der Waals surface area contributed by atoms with E-state index in [1.807, 2.05) is 18.2 Å². The Hall–Kier alpha value is -1.31. The molecule has 1 rings (SSSR count). The molecule has 1 amide bonds. The first-order valence-electron chi connectivity index (χ1n) is 4.13. The van der Waals surface area contributed by atoms with Crippen LogP contribution in [0.5, 0.6) is 0 Å². The highest BCUT2D eigenvalue weighted by atomic mass is 16.1. The molecule has 0 aliphatic carbocycles. The third kappa shape index (κ3) is 1.84. The van der Waals surface area contributed by atoms with E-state index in [0.717, 1.165) is 18.4 Å². The van der Waals surface area contributed by atoms with Crippen molar-refractivity contribution in [3.63, 3.8) is 0 Å². The Labute approximate surface area is 72.4 Å². The third-order valence-electron chi connectivity index (χ3n) is 1.80. The molecular formula is C10H13NO. The maximum atomic E-state index is 10.9. The zero-order chi connectivity index (χ0) is 8.97. The van der Waals surface area contributed by atoms with Crippen molar-refractivity contribution in [2.75, 3.05) is 0 Å². The van der Waals surface area contributed by atoms with Gasteiger partial charge in [0, 0.05) is 5.56 Å². The number of hydrogen-bond donors (Lipinski definition) is 1. The highest BCUT2D eigenvalue weighted by Gasteiger charge is 2.04. The van der Waals surface area contributed by atoms with Crippen molar-refractivity contribution in [1.82, 2.24) is 0 Å². The summed E-state index contributed by atoms with van der Waals surface area (Å²) in [5, 5.41) is 0. The Bertz CT molecular complexity index is 281. The summed E-state index contributed by atoms with van der Waals surface area (Å²) < 4.78 is 0. The molecule has 0 saturated heterocycles. The van der Waals surface area contributed by atoms with Crippen LogP contribution in [-0.2, 0) is 6.42 Å². The molecule has 0 aromatic heterocycles. The van der Waals surface area contributed by atoms with Gasteiger partial charge in [0.2, 0.25) is 5.91 Å². The molecule has 2 heteroatoms. The molecular weight excluding hydrogens is 150 g/mol. The first kappa shape index (κ1) is 8.78. The van der Waals surface area contributed by atoms with Crippen LogP contribution in [-0.4, -0.2) is 5.91 Å². The lowest BCUT2D eigenvalue weighted by Gasteiger charge is -2.03. The lowest BCUT2D eigenvalue weighted by Crippen LogP contribution is -2.13. The van der Waals surface area contributed by atoms with Gasteiger partial charge in [0.15, 0.2) is 0 Å². The SMILES string of the molecule is CCCc1ccccc1C(N)=O. The van der Waals surface area contributed by atoms with Crippen LogP contribution in [0.15, 0.2) is 24.3 Å². The molecule has 1 aromatic carbocycles. The molecule has 0 aliphatic rings. The van der Waals surface area contributed by atoms with Crippen LogP contribution in [0.4, 0.5) is 0 Å². The van der Waals surface area contributed by atoms with Crippen LogP contribution in [0.3, 0.4) is 0 Å². The molecule has 0 atom stereocenters. The topological polar surface area (TPSA) is 43.1 Å². The minimum atomic E-state index is -0.334. The molecule has 0 unspecified atom stereocenters. The molecule has 0 aliphatic heterocycles.